The van der Waals surface area contributed by atoms with Gasteiger partial charge >= 0.3 is 0 Å². The van der Waals surface area contributed by atoms with Gasteiger partial charge in [0.15, 0.2) is 0 Å². The molecule has 5 heteroatoms. The SMILES string of the molecule is CC(=O)NCCc1cn(NO)c2c(C)cccc12. The first kappa shape index (κ1) is 12.4. The lowest BCUT2D eigenvalue weighted by atomic mass is 10.1. The second-order valence-electron chi connectivity index (χ2n) is 4.33. The monoisotopic (exact) mass is 247 g/mol. The van der Waals surface area contributed by atoms with Crippen molar-refractivity contribution in [1.82, 2.24) is 9.99 Å². The molecule has 0 saturated carbocycles. The quantitative estimate of drug-likeness (QED) is 0.718. The maximum Gasteiger partial charge on any atom is 0.216 e. The number of rotatable bonds is 4. The Hall–Kier alpha value is -2.01. The second-order valence-corrected chi connectivity index (χ2v) is 4.33. The molecule has 0 bridgehead atoms. The summed E-state index contributed by atoms with van der Waals surface area (Å²) >= 11 is 0. The molecule has 0 atom stereocenters. The van der Waals surface area contributed by atoms with Gasteiger partial charge in [0.1, 0.15) is 0 Å². The number of fused-ring (bicyclic) bond motifs is 1. The number of nitrogens with zero attached hydrogens (tertiary/aromatic N) is 1. The van der Waals surface area contributed by atoms with Crippen LogP contribution in [0.1, 0.15) is 18.1 Å². The van der Waals surface area contributed by atoms with Crippen molar-refractivity contribution in [3.63, 3.8) is 0 Å². The Kier molecular flexibility index (Phi) is 3.53. The highest BCUT2D eigenvalue weighted by atomic mass is 16.5. The van der Waals surface area contributed by atoms with E-state index in [1.54, 1.807) is 4.68 Å². The minimum absolute atomic E-state index is 0.0322. The van der Waals surface area contributed by atoms with Crippen LogP contribution in [0.5, 0.6) is 0 Å². The Morgan fingerprint density at radius 1 is 1.44 bits per heavy atom. The van der Waals surface area contributed by atoms with E-state index in [-0.39, 0.29) is 5.91 Å². The molecule has 18 heavy (non-hydrogen) atoms. The van der Waals surface area contributed by atoms with Crippen LogP contribution >= 0.6 is 0 Å². The molecule has 96 valence electrons. The highest BCUT2D eigenvalue weighted by molar-refractivity contribution is 5.87. The number of hydrogen-bond acceptors (Lipinski definition) is 3. The van der Waals surface area contributed by atoms with Crippen LogP contribution in [-0.4, -0.2) is 22.3 Å². The molecule has 0 aliphatic heterocycles. The minimum Gasteiger partial charge on any atom is -0.356 e. The highest BCUT2D eigenvalue weighted by Crippen LogP contribution is 2.23. The lowest BCUT2D eigenvalue weighted by molar-refractivity contribution is -0.118. The average Bonchev–Trinajstić information content (AvgIpc) is 2.69. The summed E-state index contributed by atoms with van der Waals surface area (Å²) < 4.78 is 1.59. The smallest absolute Gasteiger partial charge is 0.216 e. The van der Waals surface area contributed by atoms with Gasteiger partial charge in [0.25, 0.3) is 0 Å². The van der Waals surface area contributed by atoms with E-state index in [1.165, 1.54) is 6.92 Å². The Bertz CT molecular complexity index is 575. The Morgan fingerprint density at radius 2 is 2.22 bits per heavy atom. The molecule has 1 aromatic heterocycles. The molecule has 0 saturated heterocycles. The summed E-state index contributed by atoms with van der Waals surface area (Å²) in [5, 5.41) is 13.0. The summed E-state index contributed by atoms with van der Waals surface area (Å²) in [4.78, 5) is 10.8. The summed E-state index contributed by atoms with van der Waals surface area (Å²) in [7, 11) is 0. The van der Waals surface area contributed by atoms with Gasteiger partial charge in [0, 0.05) is 25.1 Å². The van der Waals surface area contributed by atoms with Gasteiger partial charge in [-0.3, -0.25) is 10.0 Å². The van der Waals surface area contributed by atoms with Gasteiger partial charge in [-0.15, -0.1) is 0 Å². The lowest BCUT2D eigenvalue weighted by Gasteiger charge is -2.03. The van der Waals surface area contributed by atoms with Gasteiger partial charge in [-0.1, -0.05) is 18.2 Å². The zero-order chi connectivity index (χ0) is 13.1. The normalized spacial score (nSPS) is 10.6. The summed E-state index contributed by atoms with van der Waals surface area (Å²) in [6.07, 6.45) is 2.58. The van der Waals surface area contributed by atoms with Gasteiger partial charge in [0.2, 0.25) is 5.91 Å². The van der Waals surface area contributed by atoms with Crippen molar-refractivity contribution in [2.45, 2.75) is 20.3 Å². The maximum absolute atomic E-state index is 10.8. The molecule has 0 aliphatic carbocycles. The number of carbonyl (C=O) groups excluding carboxylic acids is 1. The fourth-order valence-corrected chi connectivity index (χ4v) is 2.18. The Balaban J connectivity index is 2.33. The number of nitrogens with one attached hydrogen (secondary N) is 2. The van der Waals surface area contributed by atoms with E-state index >= 15 is 0 Å². The number of aromatic nitrogens is 1. The van der Waals surface area contributed by atoms with E-state index in [1.807, 2.05) is 31.3 Å². The molecule has 0 unspecified atom stereocenters. The van der Waals surface area contributed by atoms with Gasteiger partial charge < -0.3 is 5.32 Å². The third kappa shape index (κ3) is 2.31. The summed E-state index contributed by atoms with van der Waals surface area (Å²) in [6.45, 7) is 4.09. The van der Waals surface area contributed by atoms with Crippen LogP contribution in [0.15, 0.2) is 24.4 Å². The molecule has 2 rings (SSSR count). The van der Waals surface area contributed by atoms with E-state index in [0.717, 1.165) is 28.5 Å². The molecule has 0 fully saturated rings. The van der Waals surface area contributed by atoms with E-state index in [9.17, 15) is 4.79 Å². The first-order chi connectivity index (χ1) is 8.63. The van der Waals surface area contributed by atoms with E-state index in [0.29, 0.717) is 6.54 Å². The minimum atomic E-state index is -0.0322. The molecule has 0 aliphatic rings. The van der Waals surface area contributed by atoms with E-state index in [2.05, 4.69) is 10.9 Å². The van der Waals surface area contributed by atoms with Crippen molar-refractivity contribution >= 4 is 16.8 Å². The predicted molar refractivity (Wildman–Crippen MR) is 70.2 cm³/mol. The van der Waals surface area contributed by atoms with Crippen molar-refractivity contribution in [2.75, 3.05) is 12.1 Å². The molecular weight excluding hydrogens is 230 g/mol. The number of hydrogen-bond donors (Lipinski definition) is 3. The van der Waals surface area contributed by atoms with Gasteiger partial charge in [-0.25, -0.2) is 10.3 Å². The molecule has 3 N–H and O–H groups in total. The van der Waals surface area contributed by atoms with E-state index < -0.39 is 0 Å². The second kappa shape index (κ2) is 5.10. The fraction of sp³-hybridized carbons (Fsp3) is 0.308. The third-order valence-corrected chi connectivity index (χ3v) is 2.99. The zero-order valence-corrected chi connectivity index (χ0v) is 10.5. The lowest BCUT2D eigenvalue weighted by Crippen LogP contribution is -2.22. The summed E-state index contributed by atoms with van der Waals surface area (Å²) in [5.74, 6) is -0.0322. The molecule has 1 aromatic carbocycles. The van der Waals surface area contributed by atoms with Crippen LogP contribution in [0.25, 0.3) is 10.9 Å². The highest BCUT2D eigenvalue weighted by Gasteiger charge is 2.09. The van der Waals surface area contributed by atoms with Gasteiger partial charge in [-0.2, -0.15) is 0 Å². The molecule has 5 nitrogen and oxygen atoms in total. The van der Waals surface area contributed by atoms with Crippen LogP contribution in [-0.2, 0) is 11.2 Å². The van der Waals surface area contributed by atoms with Crippen molar-refractivity contribution < 1.29 is 10.0 Å². The van der Waals surface area contributed by atoms with Crippen LogP contribution < -0.4 is 10.9 Å². The van der Waals surface area contributed by atoms with Crippen molar-refractivity contribution in [3.8, 4) is 0 Å². The predicted octanol–water partition coefficient (Wildman–Crippen LogP) is 1.56. The van der Waals surface area contributed by atoms with E-state index in [4.69, 9.17) is 5.21 Å². The van der Waals surface area contributed by atoms with Crippen molar-refractivity contribution in [1.29, 1.82) is 0 Å². The number of carbonyl (C=O) groups is 1. The van der Waals surface area contributed by atoms with Gasteiger partial charge in [0.05, 0.1) is 5.52 Å². The molecule has 0 spiro atoms. The Morgan fingerprint density at radius 3 is 2.89 bits per heavy atom. The molecule has 1 amide bonds. The topological polar surface area (TPSA) is 66.3 Å². The largest absolute Gasteiger partial charge is 0.356 e. The summed E-state index contributed by atoms with van der Waals surface area (Å²) in [6, 6.07) is 5.99. The maximum atomic E-state index is 10.8. The van der Waals surface area contributed by atoms with Crippen molar-refractivity contribution in [3.05, 3.63) is 35.5 Å². The number of benzene rings is 1. The number of aryl methyl sites for hydroxylation is 1. The van der Waals surface area contributed by atoms with Crippen LogP contribution in [0.4, 0.5) is 0 Å². The number of amides is 1. The molecule has 1 heterocycles. The third-order valence-electron chi connectivity index (χ3n) is 2.99. The van der Waals surface area contributed by atoms with Crippen LogP contribution in [0.2, 0.25) is 0 Å². The molecule has 0 radical (unpaired) electrons. The average molecular weight is 247 g/mol. The first-order valence-corrected chi connectivity index (χ1v) is 5.87. The van der Waals surface area contributed by atoms with Crippen molar-refractivity contribution in [2.24, 2.45) is 0 Å². The zero-order valence-electron chi connectivity index (χ0n) is 10.5. The first-order valence-electron chi connectivity index (χ1n) is 5.87. The van der Waals surface area contributed by atoms with Crippen LogP contribution in [0, 0.1) is 6.92 Å². The standard InChI is InChI=1S/C13H17N3O2/c1-9-4-3-5-12-11(6-7-14-10(2)17)8-16(15-18)13(9)12/h3-5,8,15,18H,6-7H2,1-2H3,(H,14,17). The molecule has 2 aromatic rings. The number of para-hydroxylation sites is 1. The van der Waals surface area contributed by atoms with Crippen LogP contribution in [0.3, 0.4) is 0 Å². The van der Waals surface area contributed by atoms with Gasteiger partial charge in [-0.05, 0) is 24.5 Å². The molecular formula is C13H17N3O2. The Labute approximate surface area is 105 Å². The summed E-state index contributed by atoms with van der Waals surface area (Å²) in [5.41, 5.74) is 5.29. The fourth-order valence-electron chi connectivity index (χ4n) is 2.18.